The molecule has 0 amide bonds. The summed E-state index contributed by atoms with van der Waals surface area (Å²) in [7, 11) is 0. The van der Waals surface area contributed by atoms with E-state index < -0.39 is 0 Å². The molecule has 0 atom stereocenters. The van der Waals surface area contributed by atoms with Gasteiger partial charge in [0.25, 0.3) is 5.88 Å². The quantitative estimate of drug-likeness (QED) is 0.602. The molecule has 50 valence electrons. The lowest BCUT2D eigenvalue weighted by Crippen LogP contribution is -1.92. The smallest absolute Gasteiger partial charge is 0.255 e. The number of ether oxygens (including phenoxy) is 1. The summed E-state index contributed by atoms with van der Waals surface area (Å²) in [6.07, 6.45) is 1.38. The molecule has 0 aliphatic rings. The SMILES string of the molecule is CCOc1ncoc1C. The minimum Gasteiger partial charge on any atom is -0.476 e. The van der Waals surface area contributed by atoms with E-state index in [1.54, 1.807) is 0 Å². The van der Waals surface area contributed by atoms with Crippen LogP contribution in [0.4, 0.5) is 0 Å². The van der Waals surface area contributed by atoms with Crippen LogP contribution in [0.1, 0.15) is 12.7 Å². The van der Waals surface area contributed by atoms with Crippen LogP contribution < -0.4 is 4.74 Å². The Morgan fingerprint density at radius 2 is 2.56 bits per heavy atom. The number of hydrogen-bond acceptors (Lipinski definition) is 3. The summed E-state index contributed by atoms with van der Waals surface area (Å²) >= 11 is 0. The highest BCUT2D eigenvalue weighted by molar-refractivity contribution is 5.11. The predicted octanol–water partition coefficient (Wildman–Crippen LogP) is 1.38. The van der Waals surface area contributed by atoms with Crippen LogP contribution in [0.3, 0.4) is 0 Å². The molecule has 0 aromatic carbocycles. The second kappa shape index (κ2) is 2.53. The van der Waals surface area contributed by atoms with Crippen molar-refractivity contribution in [3.63, 3.8) is 0 Å². The number of aryl methyl sites for hydroxylation is 1. The van der Waals surface area contributed by atoms with Gasteiger partial charge in [-0.05, 0) is 13.8 Å². The van der Waals surface area contributed by atoms with Crippen molar-refractivity contribution in [3.05, 3.63) is 12.2 Å². The predicted molar refractivity (Wildman–Crippen MR) is 32.4 cm³/mol. The van der Waals surface area contributed by atoms with E-state index in [-0.39, 0.29) is 0 Å². The fourth-order valence-electron chi connectivity index (χ4n) is 0.570. The lowest BCUT2D eigenvalue weighted by Gasteiger charge is -1.94. The van der Waals surface area contributed by atoms with E-state index >= 15 is 0 Å². The van der Waals surface area contributed by atoms with Crippen molar-refractivity contribution in [1.82, 2.24) is 4.98 Å². The largest absolute Gasteiger partial charge is 0.476 e. The van der Waals surface area contributed by atoms with Crippen LogP contribution in [0.2, 0.25) is 0 Å². The van der Waals surface area contributed by atoms with Crippen molar-refractivity contribution in [2.24, 2.45) is 0 Å². The Morgan fingerprint density at radius 3 is 3.00 bits per heavy atom. The Kier molecular flexibility index (Phi) is 1.72. The fourth-order valence-corrected chi connectivity index (χ4v) is 0.570. The first-order chi connectivity index (χ1) is 4.34. The summed E-state index contributed by atoms with van der Waals surface area (Å²) < 4.78 is 9.95. The Hall–Kier alpha value is -0.990. The van der Waals surface area contributed by atoms with Crippen LogP contribution in [0.5, 0.6) is 5.88 Å². The van der Waals surface area contributed by atoms with E-state index in [0.717, 1.165) is 5.76 Å². The molecule has 9 heavy (non-hydrogen) atoms. The van der Waals surface area contributed by atoms with Gasteiger partial charge in [-0.25, -0.2) is 0 Å². The maximum atomic E-state index is 5.07. The van der Waals surface area contributed by atoms with Gasteiger partial charge in [-0.1, -0.05) is 0 Å². The molecule has 0 bridgehead atoms. The summed E-state index contributed by atoms with van der Waals surface area (Å²) in [6, 6.07) is 0. The third-order valence-electron chi connectivity index (χ3n) is 0.982. The normalized spacial score (nSPS) is 9.56. The summed E-state index contributed by atoms with van der Waals surface area (Å²) in [4.78, 5) is 3.82. The number of oxazole rings is 1. The van der Waals surface area contributed by atoms with E-state index in [9.17, 15) is 0 Å². The van der Waals surface area contributed by atoms with Gasteiger partial charge in [-0.2, -0.15) is 4.98 Å². The fraction of sp³-hybridized carbons (Fsp3) is 0.500. The first-order valence-electron chi connectivity index (χ1n) is 2.87. The van der Waals surface area contributed by atoms with Crippen LogP contribution >= 0.6 is 0 Å². The van der Waals surface area contributed by atoms with Crippen molar-refractivity contribution in [2.45, 2.75) is 13.8 Å². The van der Waals surface area contributed by atoms with E-state index in [1.807, 2.05) is 13.8 Å². The second-order valence-corrected chi connectivity index (χ2v) is 1.65. The molecule has 0 aliphatic heterocycles. The average Bonchev–Trinajstić information content (AvgIpc) is 2.18. The molecule has 0 spiro atoms. The topological polar surface area (TPSA) is 35.3 Å². The molecule has 0 fully saturated rings. The van der Waals surface area contributed by atoms with Crippen molar-refractivity contribution in [1.29, 1.82) is 0 Å². The maximum absolute atomic E-state index is 5.07. The number of hydrogen-bond donors (Lipinski definition) is 0. The van der Waals surface area contributed by atoms with Gasteiger partial charge in [-0.15, -0.1) is 0 Å². The van der Waals surface area contributed by atoms with Gasteiger partial charge >= 0.3 is 0 Å². The highest BCUT2D eigenvalue weighted by Gasteiger charge is 2.00. The Labute approximate surface area is 53.7 Å². The molecule has 1 aromatic heterocycles. The summed E-state index contributed by atoms with van der Waals surface area (Å²) in [5, 5.41) is 0. The van der Waals surface area contributed by atoms with Gasteiger partial charge in [0, 0.05) is 0 Å². The van der Waals surface area contributed by atoms with Crippen molar-refractivity contribution in [2.75, 3.05) is 6.61 Å². The van der Waals surface area contributed by atoms with Gasteiger partial charge < -0.3 is 9.15 Å². The zero-order chi connectivity index (χ0) is 6.69. The summed E-state index contributed by atoms with van der Waals surface area (Å²) in [5.41, 5.74) is 0. The van der Waals surface area contributed by atoms with Gasteiger partial charge in [-0.3, -0.25) is 0 Å². The number of rotatable bonds is 2. The second-order valence-electron chi connectivity index (χ2n) is 1.65. The Bertz CT molecular complexity index is 183. The molecule has 1 aromatic rings. The maximum Gasteiger partial charge on any atom is 0.255 e. The molecule has 1 rings (SSSR count). The molecule has 0 N–H and O–H groups in total. The molecule has 0 unspecified atom stereocenters. The van der Waals surface area contributed by atoms with Crippen LogP contribution in [0.15, 0.2) is 10.8 Å². The Morgan fingerprint density at radius 1 is 1.78 bits per heavy atom. The zero-order valence-electron chi connectivity index (χ0n) is 5.55. The molecule has 3 nitrogen and oxygen atoms in total. The molecule has 1 heterocycles. The van der Waals surface area contributed by atoms with Crippen LogP contribution in [-0.2, 0) is 0 Å². The first kappa shape index (κ1) is 6.13. The van der Waals surface area contributed by atoms with Crippen LogP contribution in [0.25, 0.3) is 0 Å². The molecule has 3 heteroatoms. The van der Waals surface area contributed by atoms with Gasteiger partial charge in [0.05, 0.1) is 6.61 Å². The van der Waals surface area contributed by atoms with Crippen LogP contribution in [0, 0.1) is 6.92 Å². The van der Waals surface area contributed by atoms with E-state index in [0.29, 0.717) is 12.5 Å². The molecule has 0 aliphatic carbocycles. The average molecular weight is 127 g/mol. The number of nitrogens with zero attached hydrogens (tertiary/aromatic N) is 1. The lowest BCUT2D eigenvalue weighted by atomic mass is 10.6. The summed E-state index contributed by atoms with van der Waals surface area (Å²) in [6.45, 7) is 4.36. The number of aromatic nitrogens is 1. The third kappa shape index (κ3) is 1.22. The van der Waals surface area contributed by atoms with Gasteiger partial charge in [0.15, 0.2) is 12.2 Å². The minimum absolute atomic E-state index is 0.595. The van der Waals surface area contributed by atoms with Crippen molar-refractivity contribution in [3.8, 4) is 5.88 Å². The minimum atomic E-state index is 0.595. The van der Waals surface area contributed by atoms with Gasteiger partial charge in [0.2, 0.25) is 0 Å². The molecule has 0 saturated heterocycles. The first-order valence-corrected chi connectivity index (χ1v) is 2.87. The molecule has 0 radical (unpaired) electrons. The highest BCUT2D eigenvalue weighted by atomic mass is 16.5. The molecule has 0 saturated carbocycles. The van der Waals surface area contributed by atoms with Gasteiger partial charge in [0.1, 0.15) is 0 Å². The van der Waals surface area contributed by atoms with E-state index in [2.05, 4.69) is 4.98 Å². The van der Waals surface area contributed by atoms with Crippen molar-refractivity contribution >= 4 is 0 Å². The van der Waals surface area contributed by atoms with Crippen LogP contribution in [-0.4, -0.2) is 11.6 Å². The zero-order valence-corrected chi connectivity index (χ0v) is 5.55. The standard InChI is InChI=1S/C6H9NO2/c1-3-8-6-5(2)9-4-7-6/h4H,3H2,1-2H3. The highest BCUT2D eigenvalue weighted by Crippen LogP contribution is 2.12. The van der Waals surface area contributed by atoms with E-state index in [1.165, 1.54) is 6.39 Å². The lowest BCUT2D eigenvalue weighted by molar-refractivity contribution is 0.321. The van der Waals surface area contributed by atoms with Crippen molar-refractivity contribution < 1.29 is 9.15 Å². The molecular weight excluding hydrogens is 118 g/mol. The van der Waals surface area contributed by atoms with E-state index in [4.69, 9.17) is 9.15 Å². The third-order valence-corrected chi connectivity index (χ3v) is 0.982. The summed E-state index contributed by atoms with van der Waals surface area (Å²) in [5.74, 6) is 1.33. The Balaban J connectivity index is 2.69. The molecular formula is C6H9NO2. The monoisotopic (exact) mass is 127 g/mol.